The second kappa shape index (κ2) is 6.97. The van der Waals surface area contributed by atoms with Gasteiger partial charge in [-0.05, 0) is 37.5 Å². The quantitative estimate of drug-likeness (QED) is 0.800. The summed E-state index contributed by atoms with van der Waals surface area (Å²) >= 11 is 6.81. The van der Waals surface area contributed by atoms with Gasteiger partial charge in [-0.2, -0.15) is 5.10 Å². The summed E-state index contributed by atoms with van der Waals surface area (Å²) in [5.41, 5.74) is 0. The van der Waals surface area contributed by atoms with Crippen LogP contribution in [0.25, 0.3) is 10.7 Å². The molecule has 0 saturated heterocycles. The van der Waals surface area contributed by atoms with Gasteiger partial charge >= 0.3 is 0 Å². The van der Waals surface area contributed by atoms with E-state index in [1.165, 1.54) is 0 Å². The first-order valence-electron chi connectivity index (χ1n) is 6.54. The fourth-order valence-corrected chi connectivity index (χ4v) is 3.02. The van der Waals surface area contributed by atoms with Gasteiger partial charge in [0.05, 0.1) is 11.5 Å². The molecule has 0 aromatic carbocycles. The maximum Gasteiger partial charge on any atom is 0.243 e. The minimum atomic E-state index is -0.451. The van der Waals surface area contributed by atoms with Gasteiger partial charge in [0.15, 0.2) is 10.6 Å². The molecule has 0 aliphatic rings. The molecule has 21 heavy (non-hydrogen) atoms. The summed E-state index contributed by atoms with van der Waals surface area (Å²) in [6, 6.07) is 3.38. The summed E-state index contributed by atoms with van der Waals surface area (Å²) in [7, 11) is 1.60. The van der Waals surface area contributed by atoms with E-state index in [2.05, 4.69) is 15.5 Å². The predicted octanol–water partition coefficient (Wildman–Crippen LogP) is 2.38. The molecule has 0 radical (unpaired) electrons. The first-order valence-corrected chi connectivity index (χ1v) is 7.83. The van der Waals surface area contributed by atoms with Crippen molar-refractivity contribution in [3.63, 3.8) is 0 Å². The summed E-state index contributed by atoms with van der Waals surface area (Å²) in [5, 5.41) is 11.8. The first-order chi connectivity index (χ1) is 10.0. The average molecular weight is 326 g/mol. The number of nitrogens with one attached hydrogen (secondary N) is 2. The van der Waals surface area contributed by atoms with Gasteiger partial charge in [0.25, 0.3) is 0 Å². The highest BCUT2D eigenvalue weighted by Gasteiger charge is 2.22. The second-order valence-electron chi connectivity index (χ2n) is 4.74. The van der Waals surface area contributed by atoms with Gasteiger partial charge in [-0.15, -0.1) is 11.3 Å². The van der Waals surface area contributed by atoms with E-state index < -0.39 is 6.04 Å². The molecule has 0 aliphatic carbocycles. The van der Waals surface area contributed by atoms with Crippen LogP contribution < -0.4 is 5.32 Å². The summed E-state index contributed by atoms with van der Waals surface area (Å²) in [5.74, 6) is 0.562. The highest BCUT2D eigenvalue weighted by Crippen LogP contribution is 2.25. The zero-order chi connectivity index (χ0) is 15.4. The lowest BCUT2D eigenvalue weighted by molar-refractivity contribution is -0.124. The van der Waals surface area contributed by atoms with Crippen molar-refractivity contribution in [2.75, 3.05) is 13.7 Å². The molecule has 2 heterocycles. The maximum atomic E-state index is 12.3. The third-order valence-electron chi connectivity index (χ3n) is 3.02. The van der Waals surface area contributed by atoms with E-state index in [1.54, 1.807) is 29.9 Å². The predicted molar refractivity (Wildman–Crippen MR) is 84.9 cm³/mol. The van der Waals surface area contributed by atoms with Crippen LogP contribution in [0.3, 0.4) is 0 Å². The van der Waals surface area contributed by atoms with Gasteiger partial charge in [0.1, 0.15) is 6.04 Å². The Morgan fingerprint density at radius 1 is 1.62 bits per heavy atom. The maximum absolute atomic E-state index is 12.3. The van der Waals surface area contributed by atoms with Crippen LogP contribution in [0.1, 0.15) is 19.9 Å². The number of thiophene rings is 1. The molecule has 2 rings (SSSR count). The molecule has 0 saturated carbocycles. The molecule has 8 heteroatoms. The van der Waals surface area contributed by atoms with Crippen molar-refractivity contribution in [2.45, 2.75) is 25.9 Å². The monoisotopic (exact) mass is 326 g/mol. The van der Waals surface area contributed by atoms with Gasteiger partial charge in [0.2, 0.25) is 5.91 Å². The fourth-order valence-electron chi connectivity index (χ4n) is 2.02. The fraction of sp³-hybridized carbons (Fsp3) is 0.462. The van der Waals surface area contributed by atoms with E-state index in [4.69, 9.17) is 17.0 Å². The van der Waals surface area contributed by atoms with E-state index >= 15 is 0 Å². The van der Waals surface area contributed by atoms with Crippen LogP contribution in [0.2, 0.25) is 0 Å². The Hall–Kier alpha value is -1.51. The van der Waals surface area contributed by atoms with Gasteiger partial charge in [-0.3, -0.25) is 14.5 Å². The third-order valence-corrected chi connectivity index (χ3v) is 4.17. The van der Waals surface area contributed by atoms with Crippen LogP contribution in [0.5, 0.6) is 0 Å². The average Bonchev–Trinajstić information content (AvgIpc) is 3.06. The standard InChI is InChI=1S/C13H18N4O2S2/c1-8(7-19-3)14-12(18)9(2)17-11(15-16-13(17)20)10-5-4-6-21-10/h4-6,8-9H,7H2,1-3H3,(H,14,18)(H,16,20)/t8-,9-/m1/s1. The Bertz CT molecular complexity index is 647. The Labute approximate surface area is 132 Å². The number of carbonyl (C=O) groups excluding carboxylic acids is 1. The third kappa shape index (κ3) is 3.58. The number of amides is 1. The van der Waals surface area contributed by atoms with Crippen LogP contribution in [-0.2, 0) is 9.53 Å². The minimum absolute atomic E-state index is 0.0591. The zero-order valence-electron chi connectivity index (χ0n) is 12.1. The van der Waals surface area contributed by atoms with Gasteiger partial charge in [0, 0.05) is 13.2 Å². The topological polar surface area (TPSA) is 71.9 Å². The molecule has 0 aliphatic heterocycles. The SMILES string of the molecule is COC[C@@H](C)NC(=O)[C@@H](C)n1c(-c2cccs2)n[nH]c1=S. The molecule has 0 spiro atoms. The first kappa shape index (κ1) is 15.9. The van der Waals surface area contributed by atoms with Crippen molar-refractivity contribution in [3.8, 4) is 10.7 Å². The summed E-state index contributed by atoms with van der Waals surface area (Å²) in [4.78, 5) is 13.3. The van der Waals surface area contributed by atoms with Crippen molar-refractivity contribution in [1.82, 2.24) is 20.1 Å². The van der Waals surface area contributed by atoms with E-state index in [9.17, 15) is 4.79 Å². The van der Waals surface area contributed by atoms with Crippen molar-refractivity contribution in [1.29, 1.82) is 0 Å². The number of carbonyl (C=O) groups is 1. The highest BCUT2D eigenvalue weighted by molar-refractivity contribution is 7.71. The molecule has 2 atom stereocenters. The van der Waals surface area contributed by atoms with Crippen molar-refractivity contribution in [2.24, 2.45) is 0 Å². The Morgan fingerprint density at radius 2 is 2.38 bits per heavy atom. The van der Waals surface area contributed by atoms with E-state index in [1.807, 2.05) is 24.4 Å². The zero-order valence-corrected chi connectivity index (χ0v) is 13.8. The lowest BCUT2D eigenvalue weighted by atomic mass is 10.2. The van der Waals surface area contributed by atoms with Crippen LogP contribution in [0, 0.1) is 4.77 Å². The molecule has 2 N–H and O–H groups in total. The number of methoxy groups -OCH3 is 1. The Balaban J connectivity index is 2.23. The van der Waals surface area contributed by atoms with Crippen LogP contribution in [-0.4, -0.2) is 40.4 Å². The number of ether oxygens (including phenoxy) is 1. The summed E-state index contributed by atoms with van der Waals surface area (Å²) in [6.07, 6.45) is 0. The number of rotatable bonds is 6. The van der Waals surface area contributed by atoms with E-state index in [0.717, 1.165) is 4.88 Å². The molecule has 2 aromatic rings. The van der Waals surface area contributed by atoms with Gasteiger partial charge in [-0.25, -0.2) is 0 Å². The lowest BCUT2D eigenvalue weighted by Crippen LogP contribution is -2.39. The van der Waals surface area contributed by atoms with Gasteiger partial charge < -0.3 is 10.1 Å². The Morgan fingerprint density at radius 3 is 3.00 bits per heavy atom. The number of hydrogen-bond donors (Lipinski definition) is 2. The van der Waals surface area contributed by atoms with E-state index in [-0.39, 0.29) is 11.9 Å². The summed E-state index contributed by atoms with van der Waals surface area (Å²) < 4.78 is 7.19. The molecule has 6 nitrogen and oxygen atoms in total. The molecule has 0 unspecified atom stereocenters. The largest absolute Gasteiger partial charge is 0.383 e. The molecule has 0 fully saturated rings. The molecule has 2 aromatic heterocycles. The number of nitrogens with zero attached hydrogens (tertiary/aromatic N) is 2. The minimum Gasteiger partial charge on any atom is -0.383 e. The number of hydrogen-bond acceptors (Lipinski definition) is 5. The van der Waals surface area contributed by atoms with E-state index in [0.29, 0.717) is 17.2 Å². The molecule has 0 bridgehead atoms. The molecular weight excluding hydrogens is 308 g/mol. The second-order valence-corrected chi connectivity index (χ2v) is 6.08. The van der Waals surface area contributed by atoms with Crippen LogP contribution in [0.4, 0.5) is 0 Å². The van der Waals surface area contributed by atoms with Crippen LogP contribution in [0.15, 0.2) is 17.5 Å². The summed E-state index contributed by atoms with van der Waals surface area (Å²) in [6.45, 7) is 4.16. The number of aromatic amines is 1. The Kier molecular flexibility index (Phi) is 5.27. The van der Waals surface area contributed by atoms with Crippen molar-refractivity contribution >= 4 is 29.5 Å². The highest BCUT2D eigenvalue weighted by atomic mass is 32.1. The smallest absolute Gasteiger partial charge is 0.243 e. The molecule has 1 amide bonds. The van der Waals surface area contributed by atoms with Crippen molar-refractivity contribution in [3.05, 3.63) is 22.3 Å². The number of H-pyrrole nitrogens is 1. The molecule has 114 valence electrons. The van der Waals surface area contributed by atoms with Gasteiger partial charge in [-0.1, -0.05) is 6.07 Å². The lowest BCUT2D eigenvalue weighted by Gasteiger charge is -2.18. The van der Waals surface area contributed by atoms with Crippen molar-refractivity contribution < 1.29 is 9.53 Å². The van der Waals surface area contributed by atoms with Crippen LogP contribution >= 0.6 is 23.6 Å². The molecular formula is C13H18N4O2S2. The normalized spacial score (nSPS) is 13.9. The number of aromatic nitrogens is 3.